The minimum Gasteiger partial charge on any atom is -0.503 e. The van der Waals surface area contributed by atoms with Crippen molar-refractivity contribution in [2.45, 2.75) is 12.6 Å². The Labute approximate surface area is 190 Å². The van der Waals surface area contributed by atoms with Gasteiger partial charge in [0.25, 0.3) is 5.91 Å². The number of amides is 1. The predicted molar refractivity (Wildman–Crippen MR) is 120 cm³/mol. The summed E-state index contributed by atoms with van der Waals surface area (Å²) in [6.07, 6.45) is 0. The Morgan fingerprint density at radius 3 is 2.18 bits per heavy atom. The molecule has 1 amide bonds. The van der Waals surface area contributed by atoms with E-state index in [1.807, 2.05) is 0 Å². The molecule has 1 aliphatic rings. The molecule has 33 heavy (non-hydrogen) atoms. The Hall–Kier alpha value is -4.13. The SMILES string of the molecule is COC(=O)c1ccc(C2C(c3ccc(OC)cc3)=C(O)C(=O)N2Cc2ccc(F)cc2)cc1. The number of esters is 1. The molecule has 6 nitrogen and oxygen atoms in total. The monoisotopic (exact) mass is 447 g/mol. The molecule has 0 spiro atoms. The minimum atomic E-state index is -0.623. The lowest BCUT2D eigenvalue weighted by Gasteiger charge is -2.27. The van der Waals surface area contributed by atoms with Crippen LogP contribution in [0, 0.1) is 5.82 Å². The minimum absolute atomic E-state index is 0.159. The number of aliphatic hydroxyl groups is 1. The van der Waals surface area contributed by atoms with Gasteiger partial charge in [-0.05, 0) is 53.1 Å². The van der Waals surface area contributed by atoms with Gasteiger partial charge in [0.2, 0.25) is 0 Å². The van der Waals surface area contributed by atoms with Crippen LogP contribution in [-0.2, 0) is 16.1 Å². The summed E-state index contributed by atoms with van der Waals surface area (Å²) in [6.45, 7) is 0.159. The maximum absolute atomic E-state index is 13.4. The maximum atomic E-state index is 13.4. The van der Waals surface area contributed by atoms with E-state index in [1.165, 1.54) is 24.1 Å². The topological polar surface area (TPSA) is 76.1 Å². The van der Waals surface area contributed by atoms with Crippen molar-refractivity contribution in [2.24, 2.45) is 0 Å². The third-order valence-electron chi connectivity index (χ3n) is 5.62. The number of nitrogens with zero attached hydrogens (tertiary/aromatic N) is 1. The summed E-state index contributed by atoms with van der Waals surface area (Å²) < 4.78 is 23.4. The molecule has 168 valence electrons. The van der Waals surface area contributed by atoms with Gasteiger partial charge in [-0.3, -0.25) is 4.79 Å². The Kier molecular flexibility index (Phi) is 6.13. The van der Waals surface area contributed by atoms with Crippen LogP contribution in [0.3, 0.4) is 0 Å². The van der Waals surface area contributed by atoms with E-state index in [0.29, 0.717) is 33.6 Å². The van der Waals surface area contributed by atoms with Crippen molar-refractivity contribution in [3.8, 4) is 5.75 Å². The second-order valence-corrected chi connectivity index (χ2v) is 7.57. The first-order valence-corrected chi connectivity index (χ1v) is 10.2. The van der Waals surface area contributed by atoms with Crippen LogP contribution in [0.15, 0.2) is 78.6 Å². The lowest BCUT2D eigenvalue weighted by atomic mass is 9.92. The van der Waals surface area contributed by atoms with Gasteiger partial charge in [-0.25, -0.2) is 9.18 Å². The molecule has 0 bridgehead atoms. The second kappa shape index (κ2) is 9.16. The molecule has 1 atom stereocenters. The molecule has 4 rings (SSSR count). The Morgan fingerprint density at radius 1 is 0.970 bits per heavy atom. The maximum Gasteiger partial charge on any atom is 0.337 e. The van der Waals surface area contributed by atoms with Crippen LogP contribution in [-0.4, -0.2) is 36.1 Å². The van der Waals surface area contributed by atoms with Gasteiger partial charge in [0, 0.05) is 12.1 Å². The number of carbonyl (C=O) groups excluding carboxylic acids is 2. The lowest BCUT2D eigenvalue weighted by molar-refractivity contribution is -0.130. The zero-order chi connectivity index (χ0) is 23.5. The molecule has 1 unspecified atom stereocenters. The van der Waals surface area contributed by atoms with Gasteiger partial charge >= 0.3 is 5.97 Å². The van der Waals surface area contributed by atoms with Crippen LogP contribution in [0.2, 0.25) is 0 Å². The highest BCUT2D eigenvalue weighted by atomic mass is 19.1. The number of hydrogen-bond acceptors (Lipinski definition) is 5. The van der Waals surface area contributed by atoms with Gasteiger partial charge < -0.3 is 19.5 Å². The molecule has 3 aromatic carbocycles. The predicted octanol–water partition coefficient (Wildman–Crippen LogP) is 4.67. The van der Waals surface area contributed by atoms with Crippen molar-refractivity contribution >= 4 is 17.4 Å². The van der Waals surface area contributed by atoms with E-state index in [1.54, 1.807) is 67.8 Å². The number of rotatable bonds is 6. The Bertz CT molecular complexity index is 1200. The van der Waals surface area contributed by atoms with E-state index in [2.05, 4.69) is 0 Å². The molecular formula is C26H22FNO5. The van der Waals surface area contributed by atoms with Crippen molar-refractivity contribution in [1.82, 2.24) is 4.90 Å². The number of aliphatic hydroxyl groups excluding tert-OH is 1. The van der Waals surface area contributed by atoms with Crippen molar-refractivity contribution < 1.29 is 28.6 Å². The second-order valence-electron chi connectivity index (χ2n) is 7.57. The van der Waals surface area contributed by atoms with Crippen molar-refractivity contribution in [3.05, 3.63) is 107 Å². The molecule has 3 aromatic rings. The van der Waals surface area contributed by atoms with E-state index < -0.39 is 17.9 Å². The molecule has 0 saturated carbocycles. The third kappa shape index (κ3) is 4.30. The largest absolute Gasteiger partial charge is 0.503 e. The summed E-state index contributed by atoms with van der Waals surface area (Å²) in [4.78, 5) is 26.5. The molecule has 1 aliphatic heterocycles. The average molecular weight is 447 g/mol. The van der Waals surface area contributed by atoms with Gasteiger partial charge in [0.15, 0.2) is 5.76 Å². The number of benzene rings is 3. The van der Waals surface area contributed by atoms with Crippen molar-refractivity contribution in [1.29, 1.82) is 0 Å². The Balaban J connectivity index is 1.78. The van der Waals surface area contributed by atoms with Gasteiger partial charge in [-0.1, -0.05) is 36.4 Å². The zero-order valence-corrected chi connectivity index (χ0v) is 18.1. The molecule has 7 heteroatoms. The highest BCUT2D eigenvalue weighted by Gasteiger charge is 2.41. The molecule has 0 radical (unpaired) electrons. The number of carbonyl (C=O) groups is 2. The van der Waals surface area contributed by atoms with E-state index in [-0.39, 0.29) is 18.1 Å². The molecule has 1 heterocycles. The van der Waals surface area contributed by atoms with Gasteiger partial charge in [0.05, 0.1) is 25.8 Å². The van der Waals surface area contributed by atoms with E-state index in [9.17, 15) is 19.1 Å². The molecular weight excluding hydrogens is 425 g/mol. The highest BCUT2D eigenvalue weighted by Crippen LogP contribution is 2.44. The smallest absolute Gasteiger partial charge is 0.337 e. The summed E-state index contributed by atoms with van der Waals surface area (Å²) in [5, 5.41) is 10.9. The van der Waals surface area contributed by atoms with Gasteiger partial charge in [-0.2, -0.15) is 0 Å². The van der Waals surface area contributed by atoms with Crippen LogP contribution < -0.4 is 4.74 Å². The fourth-order valence-corrected chi connectivity index (χ4v) is 3.93. The summed E-state index contributed by atoms with van der Waals surface area (Å²) in [6, 6.07) is 19.0. The summed E-state index contributed by atoms with van der Waals surface area (Å²) in [5.74, 6) is -1.09. The van der Waals surface area contributed by atoms with E-state index >= 15 is 0 Å². The molecule has 0 aliphatic carbocycles. The molecule has 0 fully saturated rings. The summed E-state index contributed by atoms with van der Waals surface area (Å²) in [5.41, 5.74) is 2.88. The summed E-state index contributed by atoms with van der Waals surface area (Å²) in [7, 11) is 2.86. The van der Waals surface area contributed by atoms with Crippen LogP contribution in [0.5, 0.6) is 5.75 Å². The number of hydrogen-bond donors (Lipinski definition) is 1. The van der Waals surface area contributed by atoms with E-state index in [0.717, 1.165) is 0 Å². The van der Waals surface area contributed by atoms with Crippen LogP contribution in [0.1, 0.15) is 33.1 Å². The number of ether oxygens (including phenoxy) is 2. The first-order chi connectivity index (χ1) is 15.9. The first kappa shape index (κ1) is 22.1. The van der Waals surface area contributed by atoms with Crippen LogP contribution in [0.4, 0.5) is 4.39 Å². The number of halogens is 1. The van der Waals surface area contributed by atoms with Gasteiger partial charge in [0.1, 0.15) is 11.6 Å². The first-order valence-electron chi connectivity index (χ1n) is 10.2. The van der Waals surface area contributed by atoms with Crippen LogP contribution in [0.25, 0.3) is 5.57 Å². The van der Waals surface area contributed by atoms with Crippen molar-refractivity contribution in [2.75, 3.05) is 14.2 Å². The van der Waals surface area contributed by atoms with Gasteiger partial charge in [-0.15, -0.1) is 0 Å². The highest BCUT2D eigenvalue weighted by molar-refractivity contribution is 6.05. The fraction of sp³-hybridized carbons (Fsp3) is 0.154. The Morgan fingerprint density at radius 2 is 1.61 bits per heavy atom. The number of methoxy groups -OCH3 is 2. The van der Waals surface area contributed by atoms with Crippen molar-refractivity contribution in [3.63, 3.8) is 0 Å². The average Bonchev–Trinajstić information content (AvgIpc) is 3.10. The zero-order valence-electron chi connectivity index (χ0n) is 18.1. The third-order valence-corrected chi connectivity index (χ3v) is 5.62. The summed E-state index contributed by atoms with van der Waals surface area (Å²) >= 11 is 0. The normalized spacial score (nSPS) is 15.7. The lowest BCUT2D eigenvalue weighted by Crippen LogP contribution is -2.29. The molecule has 0 aromatic heterocycles. The van der Waals surface area contributed by atoms with Crippen LogP contribution >= 0.6 is 0 Å². The fourth-order valence-electron chi connectivity index (χ4n) is 3.93. The standard InChI is InChI=1S/C26H22FNO5/c1-32-21-13-9-17(10-14-21)22-23(18-5-7-19(8-6-18)26(31)33-2)28(25(30)24(22)29)15-16-3-11-20(27)12-4-16/h3-14,23,29H,15H2,1-2H3. The molecule has 0 saturated heterocycles. The van der Waals surface area contributed by atoms with E-state index in [4.69, 9.17) is 9.47 Å². The quantitative estimate of drug-likeness (QED) is 0.556. The molecule has 1 N–H and O–H groups in total.